The molecule has 1 heterocycles. The van der Waals surface area contributed by atoms with Crippen LogP contribution in [0.15, 0.2) is 48.5 Å². The van der Waals surface area contributed by atoms with E-state index in [-0.39, 0.29) is 41.7 Å². The molecule has 3 atom stereocenters. The van der Waals surface area contributed by atoms with Crippen LogP contribution in [0.2, 0.25) is 0 Å². The first kappa shape index (κ1) is 23.2. The minimum absolute atomic E-state index is 0.161. The highest BCUT2D eigenvalue weighted by atomic mass is 16.6. The molecule has 10 nitrogen and oxygen atoms in total. The SMILES string of the molecule is COc1ccccc1C(=O)N1C(CC(=O)Nc2cccc([N+](=O)[O-])c2)C(=O)NC2CCCCC21. The van der Waals surface area contributed by atoms with Gasteiger partial charge in [-0.15, -0.1) is 0 Å². The third-order valence-electron chi connectivity index (χ3n) is 6.34. The van der Waals surface area contributed by atoms with Crippen LogP contribution >= 0.6 is 0 Å². The van der Waals surface area contributed by atoms with Gasteiger partial charge in [-0.05, 0) is 31.0 Å². The molecule has 3 amide bonds. The number of nitrogens with one attached hydrogen (secondary N) is 2. The van der Waals surface area contributed by atoms with E-state index in [1.807, 2.05) is 0 Å². The number of rotatable bonds is 6. The van der Waals surface area contributed by atoms with Crippen molar-refractivity contribution in [3.63, 3.8) is 0 Å². The number of carbonyl (C=O) groups excluding carboxylic acids is 3. The van der Waals surface area contributed by atoms with Crippen LogP contribution in [0.5, 0.6) is 5.75 Å². The molecule has 2 aromatic rings. The van der Waals surface area contributed by atoms with Gasteiger partial charge in [0.2, 0.25) is 11.8 Å². The summed E-state index contributed by atoms with van der Waals surface area (Å²) in [6.45, 7) is 0. The highest BCUT2D eigenvalue weighted by Gasteiger charge is 2.46. The quantitative estimate of drug-likeness (QED) is 0.497. The maximum absolute atomic E-state index is 13.7. The Morgan fingerprint density at radius 3 is 2.71 bits per heavy atom. The molecule has 1 saturated heterocycles. The maximum atomic E-state index is 13.7. The van der Waals surface area contributed by atoms with Gasteiger partial charge in [-0.25, -0.2) is 0 Å². The van der Waals surface area contributed by atoms with Gasteiger partial charge in [-0.3, -0.25) is 24.5 Å². The summed E-state index contributed by atoms with van der Waals surface area (Å²) < 4.78 is 5.36. The normalized spacial score (nSPS) is 21.7. The minimum Gasteiger partial charge on any atom is -0.496 e. The van der Waals surface area contributed by atoms with Crippen molar-refractivity contribution >= 4 is 29.1 Å². The molecule has 3 unspecified atom stereocenters. The van der Waals surface area contributed by atoms with Gasteiger partial charge < -0.3 is 20.3 Å². The van der Waals surface area contributed by atoms with Crippen LogP contribution in [-0.2, 0) is 9.59 Å². The molecule has 0 radical (unpaired) electrons. The number of para-hydroxylation sites is 1. The lowest BCUT2D eigenvalue weighted by Crippen LogP contribution is -2.68. The first-order chi connectivity index (χ1) is 16.4. The topological polar surface area (TPSA) is 131 Å². The molecule has 34 heavy (non-hydrogen) atoms. The van der Waals surface area contributed by atoms with E-state index < -0.39 is 16.9 Å². The number of nitrogens with zero attached hydrogens (tertiary/aromatic N) is 2. The summed E-state index contributed by atoms with van der Waals surface area (Å²) in [6.07, 6.45) is 3.07. The van der Waals surface area contributed by atoms with E-state index in [1.165, 1.54) is 36.3 Å². The van der Waals surface area contributed by atoms with Crippen molar-refractivity contribution in [1.82, 2.24) is 10.2 Å². The lowest BCUT2D eigenvalue weighted by atomic mass is 9.84. The van der Waals surface area contributed by atoms with Crippen molar-refractivity contribution in [3.8, 4) is 5.75 Å². The van der Waals surface area contributed by atoms with Gasteiger partial charge in [0.15, 0.2) is 0 Å². The fourth-order valence-corrected chi connectivity index (χ4v) is 4.78. The van der Waals surface area contributed by atoms with Crippen LogP contribution in [0.3, 0.4) is 0 Å². The summed E-state index contributed by atoms with van der Waals surface area (Å²) in [6, 6.07) is 10.9. The largest absolute Gasteiger partial charge is 0.496 e. The Labute approximate surface area is 196 Å². The van der Waals surface area contributed by atoms with Crippen molar-refractivity contribution in [2.75, 3.05) is 12.4 Å². The van der Waals surface area contributed by atoms with Crippen LogP contribution in [0.1, 0.15) is 42.5 Å². The van der Waals surface area contributed by atoms with E-state index in [0.717, 1.165) is 25.7 Å². The molecule has 0 bridgehead atoms. The zero-order chi connectivity index (χ0) is 24.2. The number of anilines is 1. The smallest absolute Gasteiger partial charge is 0.271 e. The second-order valence-corrected chi connectivity index (χ2v) is 8.46. The van der Waals surface area contributed by atoms with E-state index in [2.05, 4.69) is 10.6 Å². The minimum atomic E-state index is -1.02. The predicted molar refractivity (Wildman–Crippen MR) is 123 cm³/mol. The Kier molecular flexibility index (Phi) is 6.76. The van der Waals surface area contributed by atoms with E-state index >= 15 is 0 Å². The Bertz CT molecular complexity index is 1120. The Morgan fingerprint density at radius 1 is 1.18 bits per heavy atom. The zero-order valence-electron chi connectivity index (χ0n) is 18.7. The standard InChI is InChI=1S/C24H26N4O6/c1-34-21-12-5-2-9-17(21)24(31)27-19-11-4-3-10-18(19)26-23(30)20(27)14-22(29)25-15-7-6-8-16(13-15)28(32)33/h2,5-9,12-13,18-20H,3-4,10-11,14H2,1H3,(H,25,29)(H,26,30). The second-order valence-electron chi connectivity index (χ2n) is 8.46. The molecule has 1 aliphatic heterocycles. The first-order valence-electron chi connectivity index (χ1n) is 11.2. The molecule has 0 aromatic heterocycles. The molecule has 2 aliphatic rings. The highest BCUT2D eigenvalue weighted by Crippen LogP contribution is 2.32. The number of fused-ring (bicyclic) bond motifs is 1. The third-order valence-corrected chi connectivity index (χ3v) is 6.34. The summed E-state index contributed by atoms with van der Waals surface area (Å²) in [7, 11) is 1.47. The number of amides is 3. The summed E-state index contributed by atoms with van der Waals surface area (Å²) in [5.74, 6) is -0.878. The molecule has 0 spiro atoms. The van der Waals surface area contributed by atoms with Gasteiger partial charge in [0.25, 0.3) is 11.6 Å². The fourth-order valence-electron chi connectivity index (χ4n) is 4.78. The molecule has 1 aliphatic carbocycles. The number of hydrogen-bond donors (Lipinski definition) is 2. The van der Waals surface area contributed by atoms with Crippen molar-refractivity contribution in [2.24, 2.45) is 0 Å². The number of hydrogen-bond acceptors (Lipinski definition) is 6. The number of carbonyl (C=O) groups is 3. The number of nitro benzene ring substituents is 1. The first-order valence-corrected chi connectivity index (χ1v) is 11.2. The summed E-state index contributed by atoms with van der Waals surface area (Å²) in [5.41, 5.74) is 0.410. The molecular formula is C24H26N4O6. The van der Waals surface area contributed by atoms with Crippen molar-refractivity contribution < 1.29 is 24.0 Å². The van der Waals surface area contributed by atoms with Crippen molar-refractivity contribution in [3.05, 3.63) is 64.2 Å². The van der Waals surface area contributed by atoms with Gasteiger partial charge in [-0.1, -0.05) is 31.0 Å². The molecule has 2 N–H and O–H groups in total. The van der Waals surface area contributed by atoms with E-state index in [0.29, 0.717) is 11.3 Å². The van der Waals surface area contributed by atoms with Crippen LogP contribution in [0, 0.1) is 10.1 Å². The van der Waals surface area contributed by atoms with E-state index in [9.17, 15) is 24.5 Å². The lowest BCUT2D eigenvalue weighted by molar-refractivity contribution is -0.384. The zero-order valence-corrected chi connectivity index (χ0v) is 18.7. The number of non-ortho nitro benzene ring substituents is 1. The van der Waals surface area contributed by atoms with Crippen LogP contribution in [-0.4, -0.2) is 52.8 Å². The fraction of sp³-hybridized carbons (Fsp3) is 0.375. The van der Waals surface area contributed by atoms with Crippen LogP contribution in [0.4, 0.5) is 11.4 Å². The van der Waals surface area contributed by atoms with Gasteiger partial charge >= 0.3 is 0 Å². The van der Waals surface area contributed by atoms with Crippen LogP contribution < -0.4 is 15.4 Å². The highest BCUT2D eigenvalue weighted by molar-refractivity contribution is 6.03. The molecular weight excluding hydrogens is 440 g/mol. The Balaban J connectivity index is 1.61. The van der Waals surface area contributed by atoms with E-state index in [4.69, 9.17) is 4.74 Å². The van der Waals surface area contributed by atoms with Crippen LogP contribution in [0.25, 0.3) is 0 Å². The number of nitro groups is 1. The summed E-state index contributed by atoms with van der Waals surface area (Å²) >= 11 is 0. The number of ether oxygens (including phenoxy) is 1. The Hall–Kier alpha value is -3.95. The summed E-state index contributed by atoms with van der Waals surface area (Å²) in [5, 5.41) is 16.6. The average molecular weight is 466 g/mol. The third kappa shape index (κ3) is 4.70. The number of piperazine rings is 1. The van der Waals surface area contributed by atoms with Gasteiger partial charge in [0.1, 0.15) is 11.8 Å². The molecule has 178 valence electrons. The van der Waals surface area contributed by atoms with Crippen molar-refractivity contribution in [1.29, 1.82) is 0 Å². The molecule has 1 saturated carbocycles. The lowest BCUT2D eigenvalue weighted by Gasteiger charge is -2.48. The predicted octanol–water partition coefficient (Wildman–Crippen LogP) is 2.88. The Morgan fingerprint density at radius 2 is 1.94 bits per heavy atom. The van der Waals surface area contributed by atoms with Gasteiger partial charge in [-0.2, -0.15) is 0 Å². The van der Waals surface area contributed by atoms with Gasteiger partial charge in [0, 0.05) is 23.9 Å². The number of methoxy groups -OCH3 is 1. The number of benzene rings is 2. The average Bonchev–Trinajstić information content (AvgIpc) is 2.84. The maximum Gasteiger partial charge on any atom is 0.271 e. The van der Waals surface area contributed by atoms with Gasteiger partial charge in [0.05, 0.1) is 30.1 Å². The second kappa shape index (κ2) is 9.90. The summed E-state index contributed by atoms with van der Waals surface area (Å²) in [4.78, 5) is 51.7. The van der Waals surface area contributed by atoms with Crippen molar-refractivity contribution in [2.45, 2.75) is 50.2 Å². The molecule has 2 fully saturated rings. The molecule has 2 aromatic carbocycles. The van der Waals surface area contributed by atoms with E-state index in [1.54, 1.807) is 24.3 Å². The monoisotopic (exact) mass is 466 g/mol. The molecule has 4 rings (SSSR count). The molecule has 10 heteroatoms.